The summed E-state index contributed by atoms with van der Waals surface area (Å²) in [6.07, 6.45) is 4.78. The molecule has 0 heterocycles. The lowest BCUT2D eigenvalue weighted by Gasteiger charge is -2.18. The third kappa shape index (κ3) is 3.20. The quantitative estimate of drug-likeness (QED) is 0.492. The van der Waals surface area contributed by atoms with Gasteiger partial charge in [-0.15, -0.1) is 0 Å². The second-order valence-electron chi connectivity index (χ2n) is 4.56. The summed E-state index contributed by atoms with van der Waals surface area (Å²) in [5, 5.41) is 41.8. The largest absolute Gasteiger partial charge is 0.595 e. The van der Waals surface area contributed by atoms with Gasteiger partial charge in [-0.2, -0.15) is 15.6 Å². The Balaban J connectivity index is 2.25. The number of hydrazone groups is 1. The zero-order chi connectivity index (χ0) is 14.7. The first-order chi connectivity index (χ1) is 9.49. The Kier molecular flexibility index (Phi) is 4.45. The maximum atomic E-state index is 11.2. The van der Waals surface area contributed by atoms with Crippen molar-refractivity contribution in [1.82, 2.24) is 0 Å². The van der Waals surface area contributed by atoms with Crippen LogP contribution in [-0.2, 0) is 0 Å². The SMILES string of the molecule is C[C@@H]1CC=CC1=NNc1ccc([NH+]([O-])O)cc1[NH+]([O-])O. The van der Waals surface area contributed by atoms with Crippen LogP contribution in [-0.4, -0.2) is 16.1 Å². The lowest BCUT2D eigenvalue weighted by molar-refractivity contribution is -0.996. The molecular weight excluding hydrogens is 264 g/mol. The highest BCUT2D eigenvalue weighted by atomic mass is 16.8. The Bertz CT molecular complexity index is 542. The van der Waals surface area contributed by atoms with Crippen molar-refractivity contribution in [1.29, 1.82) is 0 Å². The number of anilines is 1. The first-order valence-electron chi connectivity index (χ1n) is 6.10. The summed E-state index contributed by atoms with van der Waals surface area (Å²) >= 11 is 0. The average Bonchev–Trinajstić information content (AvgIpc) is 2.81. The van der Waals surface area contributed by atoms with Crippen LogP contribution in [0.5, 0.6) is 0 Å². The molecular formula is C12H16N4O4. The predicted molar refractivity (Wildman–Crippen MR) is 72.0 cm³/mol. The zero-order valence-corrected chi connectivity index (χ0v) is 10.8. The van der Waals surface area contributed by atoms with E-state index in [-0.39, 0.29) is 23.0 Å². The van der Waals surface area contributed by atoms with Crippen molar-refractivity contribution in [3.8, 4) is 0 Å². The van der Waals surface area contributed by atoms with Gasteiger partial charge in [-0.25, -0.2) is 10.4 Å². The van der Waals surface area contributed by atoms with Gasteiger partial charge in [0, 0.05) is 12.0 Å². The van der Waals surface area contributed by atoms with Gasteiger partial charge in [0.15, 0.2) is 11.4 Å². The van der Waals surface area contributed by atoms with Crippen LogP contribution in [0.4, 0.5) is 17.1 Å². The second-order valence-corrected chi connectivity index (χ2v) is 4.56. The van der Waals surface area contributed by atoms with Gasteiger partial charge in [0.25, 0.3) is 0 Å². The highest BCUT2D eigenvalue weighted by molar-refractivity contribution is 5.99. The molecule has 0 aromatic heterocycles. The van der Waals surface area contributed by atoms with Gasteiger partial charge < -0.3 is 10.4 Å². The number of benzene rings is 1. The molecule has 1 aliphatic rings. The van der Waals surface area contributed by atoms with Crippen molar-refractivity contribution in [3.63, 3.8) is 0 Å². The molecule has 2 unspecified atom stereocenters. The van der Waals surface area contributed by atoms with Crippen molar-refractivity contribution in [2.45, 2.75) is 13.3 Å². The van der Waals surface area contributed by atoms with Gasteiger partial charge in [0.05, 0.1) is 11.8 Å². The van der Waals surface area contributed by atoms with Crippen LogP contribution >= 0.6 is 0 Å². The van der Waals surface area contributed by atoms with E-state index in [1.54, 1.807) is 0 Å². The topological polar surface area (TPSA) is 120 Å². The Morgan fingerprint density at radius 2 is 2.05 bits per heavy atom. The van der Waals surface area contributed by atoms with Gasteiger partial charge in [-0.3, -0.25) is 5.43 Å². The Labute approximate surface area is 115 Å². The molecule has 1 aliphatic carbocycles. The standard InChI is InChI=1S/C12H16N4O4/c1-8-3-2-4-10(8)13-14-11-6-5-9(15(17)18)7-12(11)16(19)20/h2,4-8,14-17,19H,3H2,1H3/t8-/m1/s1. The normalized spacial score (nSPS) is 23.1. The molecule has 1 aromatic rings. The first-order valence-corrected chi connectivity index (χ1v) is 6.10. The van der Waals surface area contributed by atoms with Crippen LogP contribution < -0.4 is 15.9 Å². The molecule has 20 heavy (non-hydrogen) atoms. The maximum absolute atomic E-state index is 11.2. The van der Waals surface area contributed by atoms with Crippen molar-refractivity contribution in [2.75, 3.05) is 5.43 Å². The van der Waals surface area contributed by atoms with Crippen LogP contribution in [0.3, 0.4) is 0 Å². The molecule has 3 atom stereocenters. The highest BCUT2D eigenvalue weighted by Gasteiger charge is 2.15. The molecule has 0 spiro atoms. The van der Waals surface area contributed by atoms with Crippen molar-refractivity contribution in [3.05, 3.63) is 40.8 Å². The van der Waals surface area contributed by atoms with Crippen LogP contribution in [0.1, 0.15) is 13.3 Å². The summed E-state index contributed by atoms with van der Waals surface area (Å²) < 4.78 is 0. The van der Waals surface area contributed by atoms with Gasteiger partial charge in [-0.05, 0) is 18.6 Å². The van der Waals surface area contributed by atoms with Crippen LogP contribution in [0, 0.1) is 16.3 Å². The van der Waals surface area contributed by atoms with E-state index < -0.39 is 10.5 Å². The molecule has 0 aliphatic heterocycles. The number of hydrogen-bond donors (Lipinski definition) is 5. The number of hydrogen-bond acceptors (Lipinski definition) is 6. The number of rotatable bonds is 4. The first kappa shape index (κ1) is 14.6. The fraction of sp³-hybridized carbons (Fsp3) is 0.250. The predicted octanol–water partition coefficient (Wildman–Crippen LogP) is -0.143. The van der Waals surface area contributed by atoms with Crippen LogP contribution in [0.25, 0.3) is 0 Å². The van der Waals surface area contributed by atoms with E-state index in [1.165, 1.54) is 12.1 Å². The molecule has 0 fully saturated rings. The highest BCUT2D eigenvalue weighted by Crippen LogP contribution is 2.22. The number of nitrogens with one attached hydrogen (secondary N) is 3. The smallest absolute Gasteiger partial charge is 0.195 e. The molecule has 0 saturated heterocycles. The van der Waals surface area contributed by atoms with Crippen molar-refractivity contribution >= 4 is 22.8 Å². The minimum absolute atomic E-state index is 0.0743. The third-order valence-corrected chi connectivity index (χ3v) is 3.09. The van der Waals surface area contributed by atoms with E-state index in [4.69, 9.17) is 10.4 Å². The minimum atomic E-state index is -1.20. The maximum Gasteiger partial charge on any atom is 0.195 e. The van der Waals surface area contributed by atoms with E-state index in [2.05, 4.69) is 10.5 Å². The lowest BCUT2D eigenvalue weighted by Crippen LogP contribution is -3.00. The molecule has 8 nitrogen and oxygen atoms in total. The van der Waals surface area contributed by atoms with Gasteiger partial charge in [0.2, 0.25) is 0 Å². The Morgan fingerprint density at radius 3 is 2.60 bits per heavy atom. The molecule has 0 bridgehead atoms. The molecule has 2 rings (SSSR count). The van der Waals surface area contributed by atoms with E-state index in [1.807, 2.05) is 19.1 Å². The molecule has 8 heteroatoms. The second kappa shape index (κ2) is 6.09. The van der Waals surface area contributed by atoms with Gasteiger partial charge in [0.1, 0.15) is 5.69 Å². The number of nitrogens with zero attached hydrogens (tertiary/aromatic N) is 1. The van der Waals surface area contributed by atoms with Crippen molar-refractivity contribution in [2.24, 2.45) is 11.0 Å². The summed E-state index contributed by atoms with van der Waals surface area (Å²) in [6, 6.07) is 3.85. The van der Waals surface area contributed by atoms with Crippen molar-refractivity contribution < 1.29 is 20.9 Å². The fourth-order valence-electron chi connectivity index (χ4n) is 1.90. The molecule has 0 amide bonds. The summed E-state index contributed by atoms with van der Waals surface area (Å²) in [5.41, 5.74) is 3.60. The zero-order valence-electron chi connectivity index (χ0n) is 10.8. The van der Waals surface area contributed by atoms with E-state index in [9.17, 15) is 10.4 Å². The third-order valence-electron chi connectivity index (χ3n) is 3.09. The monoisotopic (exact) mass is 280 g/mol. The van der Waals surface area contributed by atoms with E-state index in [0.29, 0.717) is 0 Å². The Morgan fingerprint density at radius 1 is 1.30 bits per heavy atom. The minimum Gasteiger partial charge on any atom is -0.595 e. The fourth-order valence-corrected chi connectivity index (χ4v) is 1.90. The van der Waals surface area contributed by atoms with Gasteiger partial charge in [-0.1, -0.05) is 13.0 Å². The molecule has 5 N–H and O–H groups in total. The summed E-state index contributed by atoms with van der Waals surface area (Å²) in [7, 11) is 0. The summed E-state index contributed by atoms with van der Waals surface area (Å²) in [5.74, 6) is 0.286. The van der Waals surface area contributed by atoms with Crippen LogP contribution in [0.15, 0.2) is 35.5 Å². The molecule has 0 radical (unpaired) electrons. The molecule has 108 valence electrons. The molecule has 0 saturated carbocycles. The van der Waals surface area contributed by atoms with Gasteiger partial charge >= 0.3 is 0 Å². The number of quaternary nitrogens is 2. The van der Waals surface area contributed by atoms with Crippen LogP contribution in [0.2, 0.25) is 0 Å². The molecule has 1 aromatic carbocycles. The average molecular weight is 280 g/mol. The lowest BCUT2D eigenvalue weighted by atomic mass is 10.1. The summed E-state index contributed by atoms with van der Waals surface area (Å²) in [4.78, 5) is 0. The van der Waals surface area contributed by atoms with E-state index in [0.717, 1.165) is 18.2 Å². The van der Waals surface area contributed by atoms with E-state index >= 15 is 0 Å². The number of allylic oxidation sites excluding steroid dienone is 2. The summed E-state index contributed by atoms with van der Waals surface area (Å²) in [6.45, 7) is 2.02. The Hall–Kier alpha value is -1.81.